The van der Waals surface area contributed by atoms with Crippen molar-refractivity contribution < 1.29 is 17.5 Å². The summed E-state index contributed by atoms with van der Waals surface area (Å²) in [6, 6.07) is 28.8. The van der Waals surface area contributed by atoms with Crippen LogP contribution in [-0.4, -0.2) is 28.1 Å². The number of hydrogen-bond acceptors (Lipinski definition) is 4. The van der Waals surface area contributed by atoms with E-state index in [1.54, 1.807) is 30.3 Å². The zero-order valence-electron chi connectivity index (χ0n) is 19.9. The lowest BCUT2D eigenvalue weighted by molar-refractivity contribution is 0.413. The molecule has 1 aliphatic heterocycles. The SMILES string of the molecule is COc1cccc(S(=O)(=O)NC2Cc3cc(-c4ccc(F)cc4)ccc3N(Cc3ccccc3)C2)c1. The third-order valence-electron chi connectivity index (χ3n) is 6.39. The molecule has 5 nitrogen and oxygen atoms in total. The first-order valence-electron chi connectivity index (χ1n) is 11.8. The molecule has 5 rings (SSSR count). The van der Waals surface area contributed by atoms with Crippen LogP contribution in [0.4, 0.5) is 10.1 Å². The molecule has 4 aromatic carbocycles. The molecule has 0 fully saturated rings. The van der Waals surface area contributed by atoms with Gasteiger partial charge in [0, 0.05) is 30.9 Å². The van der Waals surface area contributed by atoms with Gasteiger partial charge < -0.3 is 9.64 Å². The van der Waals surface area contributed by atoms with E-state index in [9.17, 15) is 12.8 Å². The van der Waals surface area contributed by atoms with Gasteiger partial charge in [-0.05, 0) is 65.1 Å². The largest absolute Gasteiger partial charge is 0.497 e. The number of halogens is 1. The van der Waals surface area contributed by atoms with Gasteiger partial charge >= 0.3 is 0 Å². The lowest BCUT2D eigenvalue weighted by Crippen LogP contribution is -2.48. The Bertz CT molecular complexity index is 1460. The van der Waals surface area contributed by atoms with E-state index in [4.69, 9.17) is 4.74 Å². The predicted octanol–water partition coefficient (Wildman–Crippen LogP) is 5.41. The van der Waals surface area contributed by atoms with Gasteiger partial charge in [-0.3, -0.25) is 0 Å². The van der Waals surface area contributed by atoms with Crippen molar-refractivity contribution in [3.63, 3.8) is 0 Å². The van der Waals surface area contributed by atoms with Crippen LogP contribution in [0.1, 0.15) is 11.1 Å². The molecule has 184 valence electrons. The first-order chi connectivity index (χ1) is 17.4. The second-order valence-electron chi connectivity index (χ2n) is 8.92. The second-order valence-corrected chi connectivity index (χ2v) is 10.6. The molecule has 0 amide bonds. The molecule has 0 bridgehead atoms. The van der Waals surface area contributed by atoms with Gasteiger partial charge in [-0.15, -0.1) is 0 Å². The van der Waals surface area contributed by atoms with Crippen molar-refractivity contribution in [3.05, 3.63) is 114 Å². The van der Waals surface area contributed by atoms with Crippen molar-refractivity contribution in [3.8, 4) is 16.9 Å². The van der Waals surface area contributed by atoms with Gasteiger partial charge in [0.15, 0.2) is 0 Å². The van der Waals surface area contributed by atoms with E-state index >= 15 is 0 Å². The topological polar surface area (TPSA) is 58.6 Å². The Morgan fingerprint density at radius 3 is 2.42 bits per heavy atom. The number of rotatable bonds is 7. The fourth-order valence-corrected chi connectivity index (χ4v) is 5.92. The minimum absolute atomic E-state index is 0.169. The molecule has 7 heteroatoms. The minimum atomic E-state index is -3.76. The number of anilines is 1. The van der Waals surface area contributed by atoms with Crippen LogP contribution in [0.15, 0.2) is 102 Å². The summed E-state index contributed by atoms with van der Waals surface area (Å²) in [5, 5.41) is 0. The van der Waals surface area contributed by atoms with E-state index in [2.05, 4.69) is 33.9 Å². The maximum Gasteiger partial charge on any atom is 0.241 e. The number of fused-ring (bicyclic) bond motifs is 1. The number of nitrogens with one attached hydrogen (secondary N) is 1. The van der Waals surface area contributed by atoms with E-state index in [-0.39, 0.29) is 16.8 Å². The molecule has 36 heavy (non-hydrogen) atoms. The first-order valence-corrected chi connectivity index (χ1v) is 13.2. The average molecular weight is 503 g/mol. The van der Waals surface area contributed by atoms with Crippen molar-refractivity contribution in [2.45, 2.75) is 23.9 Å². The quantitative estimate of drug-likeness (QED) is 0.367. The van der Waals surface area contributed by atoms with Crippen molar-refractivity contribution in [2.75, 3.05) is 18.6 Å². The van der Waals surface area contributed by atoms with Gasteiger partial charge in [0.1, 0.15) is 11.6 Å². The van der Waals surface area contributed by atoms with Crippen LogP contribution >= 0.6 is 0 Å². The molecule has 0 aliphatic carbocycles. The maximum absolute atomic E-state index is 13.5. The molecule has 1 heterocycles. The number of ether oxygens (including phenoxy) is 1. The second kappa shape index (κ2) is 10.1. The predicted molar refractivity (Wildman–Crippen MR) is 140 cm³/mol. The zero-order chi connectivity index (χ0) is 25.1. The monoisotopic (exact) mass is 502 g/mol. The molecule has 0 aromatic heterocycles. The summed E-state index contributed by atoms with van der Waals surface area (Å²) in [6.45, 7) is 1.18. The fraction of sp³-hybridized carbons (Fsp3) is 0.172. The molecule has 0 radical (unpaired) electrons. The highest BCUT2D eigenvalue weighted by molar-refractivity contribution is 7.89. The summed E-state index contributed by atoms with van der Waals surface area (Å²) in [6.07, 6.45) is 0.541. The van der Waals surface area contributed by atoms with Crippen LogP contribution in [0.2, 0.25) is 0 Å². The number of nitrogens with zero attached hydrogens (tertiary/aromatic N) is 1. The van der Waals surface area contributed by atoms with E-state index in [0.717, 1.165) is 27.9 Å². The summed E-state index contributed by atoms with van der Waals surface area (Å²) in [7, 11) is -2.25. The Kier molecular flexibility index (Phi) is 6.76. The Hall–Kier alpha value is -3.68. The number of benzene rings is 4. The molecular weight excluding hydrogens is 475 g/mol. The minimum Gasteiger partial charge on any atom is -0.497 e. The number of sulfonamides is 1. The number of hydrogen-bond donors (Lipinski definition) is 1. The van der Waals surface area contributed by atoms with Crippen molar-refractivity contribution in [1.29, 1.82) is 0 Å². The Morgan fingerprint density at radius 1 is 0.917 bits per heavy atom. The van der Waals surface area contributed by atoms with Gasteiger partial charge in [-0.2, -0.15) is 0 Å². The van der Waals surface area contributed by atoms with Crippen LogP contribution in [0.5, 0.6) is 5.75 Å². The van der Waals surface area contributed by atoms with E-state index < -0.39 is 10.0 Å². The molecular formula is C29H27FN2O3S. The van der Waals surface area contributed by atoms with Crippen molar-refractivity contribution in [2.24, 2.45) is 0 Å². The van der Waals surface area contributed by atoms with Gasteiger partial charge in [-0.25, -0.2) is 17.5 Å². The Labute approximate surface area is 211 Å². The number of methoxy groups -OCH3 is 1. The van der Waals surface area contributed by atoms with Crippen LogP contribution in [-0.2, 0) is 23.0 Å². The van der Waals surface area contributed by atoms with Crippen molar-refractivity contribution >= 4 is 15.7 Å². The van der Waals surface area contributed by atoms with Crippen LogP contribution in [0.25, 0.3) is 11.1 Å². The Balaban J connectivity index is 1.47. The lowest BCUT2D eigenvalue weighted by atomic mass is 9.94. The first kappa shape index (κ1) is 24.0. The van der Waals surface area contributed by atoms with Crippen LogP contribution < -0.4 is 14.4 Å². The fourth-order valence-electron chi connectivity index (χ4n) is 4.66. The summed E-state index contributed by atoms with van der Waals surface area (Å²) >= 11 is 0. The van der Waals surface area contributed by atoms with Gasteiger partial charge in [0.05, 0.1) is 12.0 Å². The highest BCUT2D eigenvalue weighted by Crippen LogP contribution is 2.33. The van der Waals surface area contributed by atoms with Gasteiger partial charge in [-0.1, -0.05) is 54.6 Å². The van der Waals surface area contributed by atoms with E-state index in [1.165, 1.54) is 25.3 Å². The van der Waals surface area contributed by atoms with Gasteiger partial charge in [0.25, 0.3) is 0 Å². The molecule has 4 aromatic rings. The highest BCUT2D eigenvalue weighted by Gasteiger charge is 2.29. The Morgan fingerprint density at radius 2 is 1.67 bits per heavy atom. The molecule has 1 N–H and O–H groups in total. The third kappa shape index (κ3) is 5.27. The molecule has 0 saturated carbocycles. The van der Waals surface area contributed by atoms with Crippen molar-refractivity contribution in [1.82, 2.24) is 4.72 Å². The van der Waals surface area contributed by atoms with Crippen LogP contribution in [0, 0.1) is 5.82 Å². The molecule has 0 spiro atoms. The standard InChI is InChI=1S/C29H27FN2O3S/c1-35-27-8-5-9-28(18-27)36(33,34)31-26-17-24-16-23(22-10-13-25(30)14-11-22)12-15-29(24)32(20-26)19-21-6-3-2-4-7-21/h2-16,18,26,31H,17,19-20H2,1H3. The molecule has 1 unspecified atom stereocenters. The highest BCUT2D eigenvalue weighted by atomic mass is 32.2. The maximum atomic E-state index is 13.5. The smallest absolute Gasteiger partial charge is 0.241 e. The third-order valence-corrected chi connectivity index (χ3v) is 7.91. The lowest BCUT2D eigenvalue weighted by Gasteiger charge is -2.37. The van der Waals surface area contributed by atoms with E-state index in [1.807, 2.05) is 24.3 Å². The summed E-state index contributed by atoms with van der Waals surface area (Å²) in [5.74, 6) is 0.208. The molecule has 1 aliphatic rings. The summed E-state index contributed by atoms with van der Waals surface area (Å²) < 4.78 is 48.1. The zero-order valence-corrected chi connectivity index (χ0v) is 20.7. The average Bonchev–Trinajstić information content (AvgIpc) is 2.89. The summed E-state index contributed by atoms with van der Waals surface area (Å²) in [5.41, 5.74) is 5.12. The summed E-state index contributed by atoms with van der Waals surface area (Å²) in [4.78, 5) is 2.38. The van der Waals surface area contributed by atoms with E-state index in [0.29, 0.717) is 25.3 Å². The molecule has 1 atom stereocenters. The normalized spacial score (nSPS) is 15.4. The van der Waals surface area contributed by atoms with Crippen LogP contribution in [0.3, 0.4) is 0 Å². The molecule has 0 saturated heterocycles. The van der Waals surface area contributed by atoms with Gasteiger partial charge in [0.2, 0.25) is 10.0 Å².